The van der Waals surface area contributed by atoms with Crippen molar-refractivity contribution in [3.63, 3.8) is 0 Å². The highest BCUT2D eigenvalue weighted by atomic mass is 16.5. The van der Waals surface area contributed by atoms with Gasteiger partial charge in [-0.2, -0.15) is 0 Å². The van der Waals surface area contributed by atoms with Gasteiger partial charge in [0, 0.05) is 23.2 Å². The van der Waals surface area contributed by atoms with Crippen LogP contribution in [-0.4, -0.2) is 46.0 Å². The Kier molecular flexibility index (Phi) is 6.16. The Hall–Kier alpha value is -3.55. The number of carboxylic acid groups (broad SMARTS) is 1. The molecule has 3 rings (SSSR count). The van der Waals surface area contributed by atoms with E-state index in [1.807, 2.05) is 20.8 Å². The maximum absolute atomic E-state index is 13.1. The first-order chi connectivity index (χ1) is 14.9. The summed E-state index contributed by atoms with van der Waals surface area (Å²) < 4.78 is 5.55. The minimum absolute atomic E-state index is 0.00697. The molecule has 1 heterocycles. The predicted octanol–water partition coefficient (Wildman–Crippen LogP) is 4.51. The second-order valence-corrected chi connectivity index (χ2v) is 8.94. The number of ketones is 1. The fourth-order valence-corrected chi connectivity index (χ4v) is 3.83. The molecule has 0 bridgehead atoms. The van der Waals surface area contributed by atoms with Gasteiger partial charge in [-0.1, -0.05) is 20.8 Å². The molecule has 2 aromatic carbocycles. The minimum atomic E-state index is -1.22. The summed E-state index contributed by atoms with van der Waals surface area (Å²) in [5.41, 5.74) is 3.10. The summed E-state index contributed by atoms with van der Waals surface area (Å²) in [5.74, 6) is 0.567. The maximum Gasteiger partial charge on any atom is 0.409 e. The second kappa shape index (κ2) is 8.53. The van der Waals surface area contributed by atoms with E-state index >= 15 is 0 Å². The molecule has 1 amide bonds. The van der Waals surface area contributed by atoms with Gasteiger partial charge in [0.25, 0.3) is 0 Å². The molecule has 8 nitrogen and oxygen atoms in total. The monoisotopic (exact) mass is 439 g/mol. The summed E-state index contributed by atoms with van der Waals surface area (Å²) in [5, 5.41) is 30.4. The summed E-state index contributed by atoms with van der Waals surface area (Å²) in [6.07, 6.45) is -1.22. The molecule has 0 aromatic heterocycles. The van der Waals surface area contributed by atoms with Gasteiger partial charge in [0.1, 0.15) is 17.3 Å². The van der Waals surface area contributed by atoms with Crippen LogP contribution < -0.4 is 10.1 Å². The van der Waals surface area contributed by atoms with Gasteiger partial charge in [0.2, 0.25) is 0 Å². The number of carbonyl (C=O) groups is 2. The molecule has 0 spiro atoms. The van der Waals surface area contributed by atoms with E-state index in [4.69, 9.17) is 15.3 Å². The number of ether oxygens (including phenoxy) is 1. The molecular weight excluding hydrogens is 410 g/mol. The van der Waals surface area contributed by atoms with Crippen LogP contribution in [0.2, 0.25) is 0 Å². The van der Waals surface area contributed by atoms with E-state index < -0.39 is 6.09 Å². The number of fused-ring (bicyclic) bond motifs is 1. The molecule has 170 valence electrons. The quantitative estimate of drug-likeness (QED) is 0.491. The highest BCUT2D eigenvalue weighted by Crippen LogP contribution is 2.36. The van der Waals surface area contributed by atoms with Crippen molar-refractivity contribution >= 4 is 23.4 Å². The van der Waals surface area contributed by atoms with Crippen molar-refractivity contribution in [2.24, 2.45) is 0 Å². The van der Waals surface area contributed by atoms with Crippen LogP contribution in [0, 0.1) is 12.3 Å². The van der Waals surface area contributed by atoms with Crippen molar-refractivity contribution in [1.82, 2.24) is 4.90 Å². The Labute approximate surface area is 187 Å². The number of hydrogen-bond acceptors (Lipinski definition) is 5. The van der Waals surface area contributed by atoms with Crippen LogP contribution in [0.4, 0.5) is 10.5 Å². The lowest BCUT2D eigenvalue weighted by Crippen LogP contribution is -2.30. The van der Waals surface area contributed by atoms with Crippen LogP contribution in [0.1, 0.15) is 60.3 Å². The lowest BCUT2D eigenvalue weighted by atomic mass is 9.83. The van der Waals surface area contributed by atoms with E-state index in [1.165, 1.54) is 0 Å². The van der Waals surface area contributed by atoms with E-state index in [0.29, 0.717) is 41.2 Å². The fraction of sp³-hybridized carbons (Fsp3) is 0.375. The molecule has 0 radical (unpaired) electrons. The summed E-state index contributed by atoms with van der Waals surface area (Å²) in [4.78, 5) is 25.9. The zero-order valence-corrected chi connectivity index (χ0v) is 19.0. The number of anilines is 1. The Morgan fingerprint density at radius 2 is 1.91 bits per heavy atom. The number of carbonyl (C=O) groups excluding carboxylic acids is 1. The van der Waals surface area contributed by atoms with Crippen molar-refractivity contribution in [2.45, 2.75) is 46.6 Å². The van der Waals surface area contributed by atoms with Crippen LogP contribution in [0.25, 0.3) is 0 Å². The molecule has 2 aromatic rings. The molecule has 4 N–H and O–H groups in total. The number of phenols is 1. The number of hydrogen-bond donors (Lipinski definition) is 4. The van der Waals surface area contributed by atoms with E-state index in [0.717, 1.165) is 5.56 Å². The van der Waals surface area contributed by atoms with E-state index in [-0.39, 0.29) is 35.0 Å². The van der Waals surface area contributed by atoms with Gasteiger partial charge < -0.3 is 19.8 Å². The second-order valence-electron chi connectivity index (χ2n) is 8.94. The van der Waals surface area contributed by atoms with Crippen LogP contribution in [0.15, 0.2) is 24.3 Å². The molecule has 0 unspecified atom stereocenters. The Morgan fingerprint density at radius 3 is 2.50 bits per heavy atom. The first kappa shape index (κ1) is 23.1. The predicted molar refractivity (Wildman–Crippen MR) is 122 cm³/mol. The lowest BCUT2D eigenvalue weighted by molar-refractivity contribution is 0.0962. The van der Waals surface area contributed by atoms with Crippen LogP contribution in [0.3, 0.4) is 0 Å². The van der Waals surface area contributed by atoms with E-state index in [1.54, 1.807) is 43.0 Å². The standard InChI is InChI=1S/C24H29N3O5/c1-6-32-20-9-15-11-27(22(25)16(15)10-18(20)26-23(30)31)12-19(28)14-7-13(2)21(29)17(8-14)24(3,4)5/h7-10,25-26,29H,6,11-12H2,1-5H3,(H,30,31). The summed E-state index contributed by atoms with van der Waals surface area (Å²) in [6.45, 7) is 10.2. The third-order valence-electron chi connectivity index (χ3n) is 5.44. The van der Waals surface area contributed by atoms with Crippen molar-refractivity contribution < 1.29 is 24.5 Å². The largest absolute Gasteiger partial charge is 0.507 e. The Morgan fingerprint density at radius 1 is 1.22 bits per heavy atom. The number of amidine groups is 1. The number of aromatic hydroxyl groups is 1. The molecule has 0 fully saturated rings. The van der Waals surface area contributed by atoms with Gasteiger partial charge in [-0.15, -0.1) is 0 Å². The third kappa shape index (κ3) is 4.54. The van der Waals surface area contributed by atoms with Crippen LogP contribution in [-0.2, 0) is 12.0 Å². The highest BCUT2D eigenvalue weighted by molar-refractivity contribution is 6.06. The molecule has 0 atom stereocenters. The molecule has 1 aliphatic heterocycles. The molecule has 1 aliphatic rings. The summed E-state index contributed by atoms with van der Waals surface area (Å²) in [7, 11) is 0. The van der Waals surface area contributed by atoms with Crippen molar-refractivity contribution in [1.29, 1.82) is 5.41 Å². The SMILES string of the molecule is CCOc1cc2c(cc1NC(=O)O)C(=N)N(CC(=O)c1cc(C)c(O)c(C(C)(C)C)c1)C2. The number of rotatable bonds is 6. The average molecular weight is 440 g/mol. The molecule has 0 saturated heterocycles. The van der Waals surface area contributed by atoms with Crippen molar-refractivity contribution in [2.75, 3.05) is 18.5 Å². The first-order valence-corrected chi connectivity index (χ1v) is 10.4. The van der Waals surface area contributed by atoms with Gasteiger partial charge in [-0.05, 0) is 54.7 Å². The first-order valence-electron chi connectivity index (χ1n) is 10.4. The third-order valence-corrected chi connectivity index (χ3v) is 5.44. The number of phenolic OH excluding ortho intramolecular Hbond substituents is 1. The lowest BCUT2D eigenvalue weighted by Gasteiger charge is -2.23. The Balaban J connectivity index is 1.87. The van der Waals surface area contributed by atoms with Crippen molar-refractivity contribution in [3.05, 3.63) is 52.1 Å². The summed E-state index contributed by atoms with van der Waals surface area (Å²) >= 11 is 0. The highest BCUT2D eigenvalue weighted by Gasteiger charge is 2.29. The molecule has 32 heavy (non-hydrogen) atoms. The number of aryl methyl sites for hydroxylation is 1. The van der Waals surface area contributed by atoms with Crippen LogP contribution in [0.5, 0.6) is 11.5 Å². The van der Waals surface area contributed by atoms with Gasteiger partial charge >= 0.3 is 6.09 Å². The van der Waals surface area contributed by atoms with Gasteiger partial charge in [-0.25, -0.2) is 4.79 Å². The fourth-order valence-electron chi connectivity index (χ4n) is 3.83. The number of amides is 1. The van der Waals surface area contributed by atoms with Crippen molar-refractivity contribution in [3.8, 4) is 11.5 Å². The number of nitrogens with zero attached hydrogens (tertiary/aromatic N) is 1. The zero-order chi connectivity index (χ0) is 23.8. The molecular formula is C24H29N3O5. The van der Waals surface area contributed by atoms with Gasteiger partial charge in [-0.3, -0.25) is 15.5 Å². The molecule has 0 aliphatic carbocycles. The van der Waals surface area contributed by atoms with Gasteiger partial charge in [0.05, 0.1) is 18.8 Å². The smallest absolute Gasteiger partial charge is 0.409 e. The minimum Gasteiger partial charge on any atom is -0.507 e. The van der Waals surface area contributed by atoms with Crippen LogP contribution >= 0.6 is 0 Å². The average Bonchev–Trinajstić information content (AvgIpc) is 2.97. The normalized spacial score (nSPS) is 13.2. The maximum atomic E-state index is 13.1. The number of Topliss-reactive ketones (excluding diaryl/α,β-unsaturated/α-hetero) is 1. The van der Waals surface area contributed by atoms with E-state index in [9.17, 15) is 14.7 Å². The van der Waals surface area contributed by atoms with E-state index in [2.05, 4.69) is 5.32 Å². The number of nitrogens with one attached hydrogen (secondary N) is 2. The molecule has 8 heteroatoms. The summed E-state index contributed by atoms with van der Waals surface area (Å²) in [6, 6.07) is 6.68. The zero-order valence-electron chi connectivity index (χ0n) is 19.0. The topological polar surface area (TPSA) is 123 Å². The number of benzene rings is 2. The van der Waals surface area contributed by atoms with Gasteiger partial charge in [0.15, 0.2) is 5.78 Å². The Bertz CT molecular complexity index is 1100. The molecule has 0 saturated carbocycles.